The summed E-state index contributed by atoms with van der Waals surface area (Å²) in [5.41, 5.74) is 1.12. The summed E-state index contributed by atoms with van der Waals surface area (Å²) >= 11 is 0. The maximum absolute atomic E-state index is 5.24. The molecule has 2 heterocycles. The van der Waals surface area contributed by atoms with Gasteiger partial charge in [-0.1, -0.05) is 6.07 Å². The molecule has 1 N–H and O–H groups in total. The molecule has 2 rings (SSSR count). The van der Waals surface area contributed by atoms with E-state index in [-0.39, 0.29) is 0 Å². The highest BCUT2D eigenvalue weighted by Crippen LogP contribution is 2.14. The van der Waals surface area contributed by atoms with Gasteiger partial charge in [0.1, 0.15) is 0 Å². The summed E-state index contributed by atoms with van der Waals surface area (Å²) in [6.07, 6.45) is 4.46. The highest BCUT2D eigenvalue weighted by Gasteiger charge is 2.17. The fraction of sp³-hybridized carbons (Fsp3) is 0.643. The van der Waals surface area contributed by atoms with Crippen LogP contribution in [0.2, 0.25) is 0 Å². The molecule has 4 nitrogen and oxygen atoms in total. The maximum atomic E-state index is 5.24. The Bertz CT molecular complexity index is 364. The lowest BCUT2D eigenvalue weighted by Gasteiger charge is -2.24. The molecule has 0 saturated carbocycles. The third-order valence-corrected chi connectivity index (χ3v) is 3.56. The predicted octanol–water partition coefficient (Wildman–Crippen LogP) is 1.66. The molecular formula is C14H23N3O. The molecule has 1 atom stereocenters. The van der Waals surface area contributed by atoms with Gasteiger partial charge in [0.25, 0.3) is 0 Å². The second-order valence-corrected chi connectivity index (χ2v) is 4.89. The minimum absolute atomic E-state index is 0.607. The Morgan fingerprint density at radius 3 is 2.94 bits per heavy atom. The number of nitrogens with zero attached hydrogens (tertiary/aromatic N) is 2. The van der Waals surface area contributed by atoms with E-state index in [9.17, 15) is 0 Å². The van der Waals surface area contributed by atoms with Crippen molar-refractivity contribution < 1.29 is 4.74 Å². The number of hydrogen-bond acceptors (Lipinski definition) is 4. The Balaban J connectivity index is 1.77. The van der Waals surface area contributed by atoms with Crippen LogP contribution < -0.4 is 10.1 Å². The van der Waals surface area contributed by atoms with Crippen molar-refractivity contribution in [3.8, 4) is 5.88 Å². The van der Waals surface area contributed by atoms with Crippen molar-refractivity contribution in [2.45, 2.75) is 32.4 Å². The maximum Gasteiger partial charge on any atom is 0.217 e. The molecule has 18 heavy (non-hydrogen) atoms. The number of nitrogens with one attached hydrogen (secondary N) is 1. The minimum atomic E-state index is 0.607. The van der Waals surface area contributed by atoms with E-state index in [2.05, 4.69) is 28.2 Å². The molecule has 100 valence electrons. The number of methoxy groups -OCH3 is 1. The first kappa shape index (κ1) is 13.3. The van der Waals surface area contributed by atoms with Gasteiger partial charge >= 0.3 is 0 Å². The molecule has 4 heteroatoms. The third-order valence-electron chi connectivity index (χ3n) is 3.56. The summed E-state index contributed by atoms with van der Waals surface area (Å²) in [6.45, 7) is 6.62. The predicted molar refractivity (Wildman–Crippen MR) is 72.8 cm³/mol. The molecule has 0 spiro atoms. The second-order valence-electron chi connectivity index (χ2n) is 4.89. The van der Waals surface area contributed by atoms with Gasteiger partial charge in [-0.05, 0) is 38.9 Å². The van der Waals surface area contributed by atoms with Gasteiger partial charge in [-0.3, -0.25) is 4.90 Å². The van der Waals surface area contributed by atoms with Crippen LogP contribution in [0.15, 0.2) is 18.3 Å². The van der Waals surface area contributed by atoms with E-state index in [1.54, 1.807) is 13.3 Å². The molecule has 1 fully saturated rings. The standard InChI is InChI=1S/C14H23N3O/c1-12(17-8-3-4-9-17)10-15-11-13-6-5-7-16-14(13)18-2/h5-7,12,15H,3-4,8-11H2,1-2H3. The molecule has 1 saturated heterocycles. The zero-order valence-electron chi connectivity index (χ0n) is 11.4. The largest absolute Gasteiger partial charge is 0.481 e. The fourth-order valence-electron chi connectivity index (χ4n) is 2.47. The zero-order chi connectivity index (χ0) is 12.8. The SMILES string of the molecule is COc1ncccc1CNCC(C)N1CCCC1. The van der Waals surface area contributed by atoms with Gasteiger partial charge in [0, 0.05) is 30.9 Å². The molecule has 1 aliphatic rings. The molecule has 0 aliphatic carbocycles. The summed E-state index contributed by atoms with van der Waals surface area (Å²) < 4.78 is 5.24. The van der Waals surface area contributed by atoms with Crippen LogP contribution in [0.5, 0.6) is 5.88 Å². The summed E-state index contributed by atoms with van der Waals surface area (Å²) in [4.78, 5) is 6.75. The Morgan fingerprint density at radius 2 is 2.22 bits per heavy atom. The Hall–Kier alpha value is -1.13. The first-order valence-corrected chi connectivity index (χ1v) is 6.74. The monoisotopic (exact) mass is 249 g/mol. The van der Waals surface area contributed by atoms with E-state index in [1.165, 1.54) is 25.9 Å². The van der Waals surface area contributed by atoms with Gasteiger partial charge in [0.2, 0.25) is 5.88 Å². The molecule has 1 aromatic heterocycles. The van der Waals surface area contributed by atoms with Crippen LogP contribution in [-0.4, -0.2) is 42.7 Å². The molecule has 0 aromatic carbocycles. The summed E-state index contributed by atoms with van der Waals surface area (Å²) in [5.74, 6) is 0.721. The van der Waals surface area contributed by atoms with E-state index in [1.807, 2.05) is 6.07 Å². The smallest absolute Gasteiger partial charge is 0.217 e. The van der Waals surface area contributed by atoms with E-state index in [0.29, 0.717) is 6.04 Å². The van der Waals surface area contributed by atoms with Gasteiger partial charge in [-0.2, -0.15) is 0 Å². The fourth-order valence-corrected chi connectivity index (χ4v) is 2.47. The van der Waals surface area contributed by atoms with Crippen molar-refractivity contribution in [3.05, 3.63) is 23.9 Å². The van der Waals surface area contributed by atoms with Crippen molar-refractivity contribution in [2.24, 2.45) is 0 Å². The first-order chi connectivity index (χ1) is 8.81. The van der Waals surface area contributed by atoms with Crippen LogP contribution in [0.1, 0.15) is 25.3 Å². The first-order valence-electron chi connectivity index (χ1n) is 6.74. The molecule has 1 aliphatic heterocycles. The molecule has 0 radical (unpaired) electrons. The second kappa shape index (κ2) is 6.71. The number of ether oxygens (including phenoxy) is 1. The van der Waals surface area contributed by atoms with Crippen LogP contribution in [0.3, 0.4) is 0 Å². The van der Waals surface area contributed by atoms with Gasteiger partial charge < -0.3 is 10.1 Å². The van der Waals surface area contributed by atoms with Crippen molar-refractivity contribution >= 4 is 0 Å². The molecular weight excluding hydrogens is 226 g/mol. The molecule has 1 aromatic rings. The van der Waals surface area contributed by atoms with Crippen LogP contribution in [0, 0.1) is 0 Å². The normalized spacial score (nSPS) is 17.9. The summed E-state index contributed by atoms with van der Waals surface area (Å²) in [6, 6.07) is 4.61. The van der Waals surface area contributed by atoms with Gasteiger partial charge in [-0.25, -0.2) is 4.98 Å². The van der Waals surface area contributed by atoms with Crippen molar-refractivity contribution in [3.63, 3.8) is 0 Å². The van der Waals surface area contributed by atoms with E-state index in [0.717, 1.165) is 24.5 Å². The lowest BCUT2D eigenvalue weighted by molar-refractivity contribution is 0.251. The Labute approximate surface area is 109 Å². The topological polar surface area (TPSA) is 37.4 Å². The van der Waals surface area contributed by atoms with E-state index in [4.69, 9.17) is 4.74 Å². The zero-order valence-corrected chi connectivity index (χ0v) is 11.4. The van der Waals surface area contributed by atoms with Crippen LogP contribution in [0.25, 0.3) is 0 Å². The quantitative estimate of drug-likeness (QED) is 0.832. The van der Waals surface area contributed by atoms with Crippen LogP contribution >= 0.6 is 0 Å². The molecule has 1 unspecified atom stereocenters. The van der Waals surface area contributed by atoms with Gasteiger partial charge in [0.05, 0.1) is 7.11 Å². The van der Waals surface area contributed by atoms with Crippen molar-refractivity contribution in [1.29, 1.82) is 0 Å². The Morgan fingerprint density at radius 1 is 1.44 bits per heavy atom. The lowest BCUT2D eigenvalue weighted by atomic mass is 10.2. The average Bonchev–Trinajstić information content (AvgIpc) is 2.93. The summed E-state index contributed by atoms with van der Waals surface area (Å²) in [5, 5.41) is 3.49. The van der Waals surface area contributed by atoms with Crippen LogP contribution in [0.4, 0.5) is 0 Å². The number of aromatic nitrogens is 1. The summed E-state index contributed by atoms with van der Waals surface area (Å²) in [7, 11) is 1.67. The average molecular weight is 249 g/mol. The van der Waals surface area contributed by atoms with Crippen LogP contribution in [-0.2, 0) is 6.54 Å². The van der Waals surface area contributed by atoms with Gasteiger partial charge in [-0.15, -0.1) is 0 Å². The van der Waals surface area contributed by atoms with E-state index >= 15 is 0 Å². The van der Waals surface area contributed by atoms with Gasteiger partial charge in [0.15, 0.2) is 0 Å². The lowest BCUT2D eigenvalue weighted by Crippen LogP contribution is -2.38. The van der Waals surface area contributed by atoms with Crippen molar-refractivity contribution in [1.82, 2.24) is 15.2 Å². The number of likely N-dealkylation sites (tertiary alicyclic amines) is 1. The van der Waals surface area contributed by atoms with E-state index < -0.39 is 0 Å². The highest BCUT2D eigenvalue weighted by atomic mass is 16.5. The van der Waals surface area contributed by atoms with Crippen molar-refractivity contribution in [2.75, 3.05) is 26.7 Å². The number of rotatable bonds is 6. The third kappa shape index (κ3) is 3.43. The highest BCUT2D eigenvalue weighted by molar-refractivity contribution is 5.24. The molecule has 0 amide bonds. The number of pyridine rings is 1. The number of hydrogen-bond donors (Lipinski definition) is 1. The molecule has 0 bridgehead atoms. The minimum Gasteiger partial charge on any atom is -0.481 e. The Kier molecular flexibility index (Phi) is 4.96.